The van der Waals surface area contributed by atoms with Gasteiger partial charge in [-0.05, 0) is 109 Å². The molecule has 14 fully saturated rings. The number of Topliss-reactive ketones (excluding diaryl/α,β-unsaturated/α-hetero) is 5. The van der Waals surface area contributed by atoms with E-state index in [0.717, 1.165) is 57.8 Å². The molecule has 0 aromatic rings. The molecule has 9 atom stereocenters. The molecule has 14 rings (SSSR count). The Morgan fingerprint density at radius 1 is 0.379 bits per heavy atom. The lowest BCUT2D eigenvalue weighted by Gasteiger charge is -2.36. The van der Waals surface area contributed by atoms with Crippen molar-refractivity contribution in [2.24, 2.45) is 17.8 Å². The summed E-state index contributed by atoms with van der Waals surface area (Å²) in [6.07, 6.45) is 17.5. The standard InChI is InChI=1S/3C11H14O3.C10H12F2O2.C10H13FO2.2C10H12O3/c1-7-3-9(12)6-11(4-7)5-8(2)10(13)14-11;1-7-6-11(14-10(7)13)5-3-4-9(12)8(11)2;1-7-4-3-5-11(9(7)12)6-8(2)10(13)14-11;1-7-6-9(14-8(7)13)2-4-10(11,12)5-3-9;1-7-6-10(13-9(7)12)5-3-2-4-8(10)11;1-7-6-10(13-9(7)12)4-2-8(11)3-5-10;1-7-6-10(13-9(7)12)5-3-2-4-8(10)11/h7H,2-6H2,1H3;8H,1,3-6H2,2H3;7H,2-6H2,1H3;1-6H2;8H,1-6H2;2*1-6H2. The van der Waals surface area contributed by atoms with E-state index in [1.54, 1.807) is 0 Å². The first-order valence-corrected chi connectivity index (χ1v) is 33.5. The van der Waals surface area contributed by atoms with Gasteiger partial charge in [-0.1, -0.05) is 73.2 Å². The van der Waals surface area contributed by atoms with Gasteiger partial charge in [0.15, 0.2) is 22.8 Å². The summed E-state index contributed by atoms with van der Waals surface area (Å²) in [5, 5.41) is 0. The third-order valence-electron chi connectivity index (χ3n) is 21.2. The summed E-state index contributed by atoms with van der Waals surface area (Å²) < 4.78 is 75.7. The second kappa shape index (κ2) is 28.7. The molecule has 14 aliphatic rings. The maximum Gasteiger partial charge on any atom is 0.334 e. The number of esters is 7. The molecular weight excluding hydrogens is 1240 g/mol. The smallest absolute Gasteiger partial charge is 0.334 e. The number of carbonyl (C=O) groups excluding carboxylic acids is 12. The van der Waals surface area contributed by atoms with Crippen molar-refractivity contribution in [3.63, 3.8) is 0 Å². The molecule has 518 valence electrons. The lowest BCUT2D eigenvalue weighted by atomic mass is 9.73. The number of rotatable bonds is 0. The molecule has 7 saturated carbocycles. The van der Waals surface area contributed by atoms with Gasteiger partial charge in [-0.25, -0.2) is 46.7 Å². The third-order valence-corrected chi connectivity index (χ3v) is 21.2. The number of hydrogen-bond donors (Lipinski definition) is 0. The number of alkyl halides is 3. The molecule has 0 amide bonds. The van der Waals surface area contributed by atoms with E-state index in [0.29, 0.717) is 167 Å². The van der Waals surface area contributed by atoms with Gasteiger partial charge < -0.3 is 33.2 Å². The highest BCUT2D eigenvalue weighted by Crippen LogP contribution is 2.49. The fourth-order valence-electron chi connectivity index (χ4n) is 15.8. The predicted molar refractivity (Wildman–Crippen MR) is 336 cm³/mol. The fraction of sp³-hybridized carbons (Fsp3) is 0.644. The molecule has 95 heavy (non-hydrogen) atoms. The lowest BCUT2D eigenvalue weighted by molar-refractivity contribution is -0.161. The summed E-state index contributed by atoms with van der Waals surface area (Å²) in [4.78, 5) is 136. The topological polar surface area (TPSA) is 269 Å². The van der Waals surface area contributed by atoms with Crippen molar-refractivity contribution < 1.29 is 104 Å². The van der Waals surface area contributed by atoms with Crippen LogP contribution in [0.15, 0.2) is 85.1 Å². The first-order chi connectivity index (χ1) is 44.4. The predicted octanol–water partition coefficient (Wildman–Crippen LogP) is 12.2. The van der Waals surface area contributed by atoms with E-state index in [9.17, 15) is 70.7 Å². The van der Waals surface area contributed by atoms with E-state index in [4.69, 9.17) is 33.2 Å². The van der Waals surface area contributed by atoms with E-state index < -0.39 is 69.6 Å². The molecule has 7 spiro atoms. The molecule has 0 aromatic heterocycles. The molecule has 7 saturated heterocycles. The van der Waals surface area contributed by atoms with Crippen LogP contribution in [0.25, 0.3) is 0 Å². The first kappa shape index (κ1) is 73.4. The molecule has 7 aliphatic carbocycles. The summed E-state index contributed by atoms with van der Waals surface area (Å²) in [7, 11) is 0. The van der Waals surface area contributed by atoms with Crippen LogP contribution < -0.4 is 0 Å². The maximum absolute atomic E-state index is 13.6. The minimum Gasteiger partial charge on any atom is -0.455 e. The van der Waals surface area contributed by atoms with E-state index in [1.165, 1.54) is 0 Å². The Hall–Kier alpha value is -7.39. The van der Waals surface area contributed by atoms with Crippen LogP contribution in [0.2, 0.25) is 0 Å². The van der Waals surface area contributed by atoms with E-state index in [1.807, 2.05) is 20.8 Å². The zero-order chi connectivity index (χ0) is 69.9. The van der Waals surface area contributed by atoms with E-state index in [-0.39, 0.29) is 89.9 Å². The van der Waals surface area contributed by atoms with Gasteiger partial charge in [-0.2, -0.15) is 0 Å². The normalized spacial score (nSPS) is 34.7. The second-order valence-corrected chi connectivity index (χ2v) is 29.0. The molecule has 7 aliphatic heterocycles. The largest absolute Gasteiger partial charge is 0.455 e. The van der Waals surface area contributed by atoms with Crippen LogP contribution >= 0.6 is 0 Å². The quantitative estimate of drug-likeness (QED) is 0.124. The average molecular weight is 1330 g/mol. The van der Waals surface area contributed by atoms with Gasteiger partial charge in [0.1, 0.15) is 51.5 Å². The van der Waals surface area contributed by atoms with Crippen molar-refractivity contribution in [3.05, 3.63) is 85.1 Å². The van der Waals surface area contributed by atoms with E-state index in [2.05, 4.69) is 46.1 Å². The van der Waals surface area contributed by atoms with Gasteiger partial charge >= 0.3 is 41.8 Å². The summed E-state index contributed by atoms with van der Waals surface area (Å²) in [6, 6.07) is 0. The summed E-state index contributed by atoms with van der Waals surface area (Å²) in [6.45, 7) is 31.1. The van der Waals surface area contributed by atoms with Crippen LogP contribution in [-0.2, 0) is 90.7 Å². The zero-order valence-electron chi connectivity index (χ0n) is 55.3. The molecule has 0 N–H and O–H groups in total. The lowest BCUT2D eigenvalue weighted by Crippen LogP contribution is -2.44. The molecule has 9 unspecified atom stereocenters. The SMILES string of the molecule is C=C1CC2(CC(=O)CC(C)C2)OC1=O.C=C1CC2(CCC(=O)CC2)OC1=O.C=C1CC2(CCC(F)(F)CC2)OC1=O.C=C1CC2(CCCC(=O)C2C)OC1=O.C=C1CC2(CCCC(C)C2=O)OC1=O.C=C1CC2(CCCCC2=O)OC1=O.C=C1CC2(CCCCC2F)OC1=O. The summed E-state index contributed by atoms with van der Waals surface area (Å²) in [5.41, 5.74) is -1.34. The van der Waals surface area contributed by atoms with Gasteiger partial charge in [-0.3, -0.25) is 24.0 Å². The monoisotopic (exact) mass is 1330 g/mol. The van der Waals surface area contributed by atoms with Gasteiger partial charge in [0, 0.05) is 141 Å². The van der Waals surface area contributed by atoms with Crippen LogP contribution in [0.5, 0.6) is 0 Å². The van der Waals surface area contributed by atoms with Gasteiger partial charge in [0.05, 0.1) is 5.92 Å². The van der Waals surface area contributed by atoms with Crippen LogP contribution in [0, 0.1) is 17.8 Å². The van der Waals surface area contributed by atoms with Crippen LogP contribution in [-0.4, -0.2) is 122 Å². The van der Waals surface area contributed by atoms with Crippen molar-refractivity contribution in [1.29, 1.82) is 0 Å². The minimum atomic E-state index is -2.58. The second-order valence-electron chi connectivity index (χ2n) is 29.0. The highest BCUT2D eigenvalue weighted by Gasteiger charge is 2.56. The Balaban J connectivity index is 0.000000142. The molecule has 19 nitrogen and oxygen atoms in total. The van der Waals surface area contributed by atoms with Crippen LogP contribution in [0.1, 0.15) is 226 Å². The van der Waals surface area contributed by atoms with Crippen LogP contribution in [0.4, 0.5) is 13.2 Å². The van der Waals surface area contributed by atoms with Gasteiger partial charge in [0.25, 0.3) is 0 Å². The first-order valence-electron chi connectivity index (χ1n) is 33.5. The van der Waals surface area contributed by atoms with Gasteiger partial charge in [0.2, 0.25) is 5.92 Å². The van der Waals surface area contributed by atoms with Gasteiger partial charge in [-0.15, -0.1) is 0 Å². The Labute approximate surface area is 552 Å². The molecule has 0 aromatic carbocycles. The van der Waals surface area contributed by atoms with Crippen molar-refractivity contribution >= 4 is 70.7 Å². The molecule has 0 radical (unpaired) electrons. The molecule has 22 heteroatoms. The maximum atomic E-state index is 13.6. The highest BCUT2D eigenvalue weighted by molar-refractivity contribution is 6.01. The Morgan fingerprint density at radius 3 is 1.28 bits per heavy atom. The fourth-order valence-corrected chi connectivity index (χ4v) is 15.8. The molecule has 0 bridgehead atoms. The van der Waals surface area contributed by atoms with Crippen LogP contribution in [0.3, 0.4) is 0 Å². The Morgan fingerprint density at radius 2 is 0.821 bits per heavy atom. The van der Waals surface area contributed by atoms with Crippen molar-refractivity contribution in [1.82, 2.24) is 0 Å². The van der Waals surface area contributed by atoms with Crippen molar-refractivity contribution in [3.8, 4) is 0 Å². The number of halogens is 3. The zero-order valence-corrected chi connectivity index (χ0v) is 55.3. The third kappa shape index (κ3) is 16.7. The highest BCUT2D eigenvalue weighted by atomic mass is 19.3. The Kier molecular flexibility index (Phi) is 22.2. The van der Waals surface area contributed by atoms with E-state index >= 15 is 0 Å². The number of ketones is 5. The van der Waals surface area contributed by atoms with Crippen molar-refractivity contribution in [2.75, 3.05) is 0 Å². The Bertz CT molecular complexity index is 3150. The van der Waals surface area contributed by atoms with Crippen molar-refractivity contribution in [2.45, 2.75) is 278 Å². The summed E-state index contributed by atoms with van der Waals surface area (Å²) >= 11 is 0. The molecule has 7 heterocycles. The number of ether oxygens (including phenoxy) is 7. The molecular formula is C73H91F3O19. The minimum absolute atomic E-state index is 0.0162. The average Bonchev–Trinajstić information content (AvgIpc) is 1.71. The number of carbonyl (C=O) groups is 12. The summed E-state index contributed by atoms with van der Waals surface area (Å²) in [5.74, 6) is -4.14. The number of hydrogen-bond acceptors (Lipinski definition) is 19.